The fourth-order valence-electron chi connectivity index (χ4n) is 5.40. The second-order valence-corrected chi connectivity index (χ2v) is 12.1. The van der Waals surface area contributed by atoms with Crippen molar-refractivity contribution >= 4 is 27.3 Å². The number of rotatable bonds is 6. The minimum absolute atomic E-state index is 0.0123. The van der Waals surface area contributed by atoms with Gasteiger partial charge in [-0.15, -0.1) is 0 Å². The number of hydrogen-bond acceptors (Lipinski definition) is 7. The second-order valence-electron chi connectivity index (χ2n) is 10.0. The van der Waals surface area contributed by atoms with Gasteiger partial charge >= 0.3 is 5.69 Å². The lowest BCUT2D eigenvalue weighted by Crippen LogP contribution is -2.42. The Morgan fingerprint density at radius 2 is 1.74 bits per heavy atom. The zero-order chi connectivity index (χ0) is 27.7. The lowest BCUT2D eigenvalue weighted by molar-refractivity contribution is -0.130. The number of piperidine rings is 1. The Labute approximate surface area is 225 Å². The third-order valence-corrected chi connectivity index (χ3v) is 9.29. The topological polar surface area (TPSA) is 156 Å². The molecule has 0 aliphatic carbocycles. The number of carbonyl (C=O) groups excluding carboxylic acids is 2. The van der Waals surface area contributed by atoms with E-state index in [1.165, 1.54) is 6.92 Å². The number of para-hydroxylation sites is 1. The maximum atomic E-state index is 13.3. The Morgan fingerprint density at radius 3 is 2.38 bits per heavy atom. The predicted octanol–water partition coefficient (Wildman–Crippen LogP) is 1.93. The van der Waals surface area contributed by atoms with E-state index in [0.717, 1.165) is 5.56 Å². The van der Waals surface area contributed by atoms with Gasteiger partial charge in [0.15, 0.2) is 9.84 Å². The van der Waals surface area contributed by atoms with Gasteiger partial charge in [-0.25, -0.2) is 13.2 Å². The number of sulfone groups is 1. The molecule has 4 N–H and O–H groups in total. The van der Waals surface area contributed by atoms with Crippen molar-refractivity contribution in [2.24, 2.45) is 5.92 Å². The number of aromatic nitrogens is 2. The molecule has 5 rings (SSSR count). The minimum atomic E-state index is -3.29. The van der Waals surface area contributed by atoms with E-state index in [-0.39, 0.29) is 35.1 Å². The standard InChI is InChI=1S/C27H31N5O6S/c1-17(33)31-12-10-19(11-13-31)23(24-26(35)30-27(36)29-24)28-25(34)20-8-6-18(7-9-20)16-32-14-15-39(37,38)22-5-3-2-4-21(22)32/h2-9,19,23,35H,10-16H2,1H3,(H,28,34)(H2,29,30,36). The molecule has 2 amide bonds. The average Bonchev–Trinajstić information content (AvgIpc) is 3.26. The molecular formula is C27H31N5O6S. The quantitative estimate of drug-likeness (QED) is 0.363. The smallest absolute Gasteiger partial charge is 0.326 e. The van der Waals surface area contributed by atoms with Gasteiger partial charge in [0.2, 0.25) is 11.8 Å². The van der Waals surface area contributed by atoms with Crippen LogP contribution >= 0.6 is 0 Å². The molecule has 2 aliphatic rings. The summed E-state index contributed by atoms with van der Waals surface area (Å²) in [6, 6.07) is 13.4. The number of aromatic hydroxyl groups is 1. The molecule has 3 heterocycles. The number of hydrogen-bond donors (Lipinski definition) is 4. The molecule has 206 valence electrons. The van der Waals surface area contributed by atoms with Gasteiger partial charge in [-0.1, -0.05) is 24.3 Å². The van der Waals surface area contributed by atoms with E-state index in [9.17, 15) is 27.9 Å². The van der Waals surface area contributed by atoms with Crippen molar-refractivity contribution in [3.8, 4) is 5.88 Å². The van der Waals surface area contributed by atoms with Crippen LogP contribution in [0.15, 0.2) is 58.2 Å². The highest BCUT2D eigenvalue weighted by Crippen LogP contribution is 2.34. The van der Waals surface area contributed by atoms with E-state index >= 15 is 0 Å². The van der Waals surface area contributed by atoms with Crippen molar-refractivity contribution < 1.29 is 23.1 Å². The zero-order valence-corrected chi connectivity index (χ0v) is 22.3. The first-order valence-corrected chi connectivity index (χ1v) is 14.5. The van der Waals surface area contributed by atoms with Crippen LogP contribution in [0.1, 0.15) is 47.4 Å². The van der Waals surface area contributed by atoms with Crippen LogP contribution in [0.3, 0.4) is 0 Å². The van der Waals surface area contributed by atoms with Crippen LogP contribution in [0, 0.1) is 5.92 Å². The third-order valence-electron chi connectivity index (χ3n) is 7.55. The highest BCUT2D eigenvalue weighted by atomic mass is 32.2. The molecule has 0 bridgehead atoms. The highest BCUT2D eigenvalue weighted by Gasteiger charge is 2.33. The number of benzene rings is 2. The van der Waals surface area contributed by atoms with Crippen LogP contribution in [0.25, 0.3) is 0 Å². The lowest BCUT2D eigenvalue weighted by atomic mass is 9.87. The van der Waals surface area contributed by atoms with E-state index < -0.39 is 21.6 Å². The summed E-state index contributed by atoms with van der Waals surface area (Å²) < 4.78 is 24.9. The van der Waals surface area contributed by atoms with Crippen molar-refractivity contribution in [1.82, 2.24) is 20.2 Å². The molecule has 1 saturated heterocycles. The number of carbonyl (C=O) groups is 2. The van der Waals surface area contributed by atoms with Gasteiger partial charge in [0.05, 0.1) is 22.4 Å². The van der Waals surface area contributed by atoms with Crippen molar-refractivity contribution in [3.63, 3.8) is 0 Å². The van der Waals surface area contributed by atoms with E-state index in [1.54, 1.807) is 35.2 Å². The summed E-state index contributed by atoms with van der Waals surface area (Å²) in [5, 5.41) is 13.3. The number of anilines is 1. The Kier molecular flexibility index (Phi) is 7.21. The van der Waals surface area contributed by atoms with Crippen LogP contribution in [0.4, 0.5) is 5.69 Å². The molecule has 1 fully saturated rings. The van der Waals surface area contributed by atoms with Gasteiger partial charge in [0.25, 0.3) is 5.91 Å². The van der Waals surface area contributed by atoms with Gasteiger partial charge in [-0.2, -0.15) is 0 Å². The van der Waals surface area contributed by atoms with Crippen molar-refractivity contribution in [2.45, 2.75) is 37.2 Å². The molecule has 2 aliphatic heterocycles. The first-order chi connectivity index (χ1) is 18.6. The van der Waals surface area contributed by atoms with Crippen LogP contribution in [-0.4, -0.2) is 65.6 Å². The molecule has 12 heteroatoms. The van der Waals surface area contributed by atoms with Crippen LogP contribution in [0.2, 0.25) is 0 Å². The number of aromatic amines is 2. The van der Waals surface area contributed by atoms with E-state index in [1.807, 2.05) is 23.1 Å². The van der Waals surface area contributed by atoms with Crippen molar-refractivity contribution in [3.05, 3.63) is 75.8 Å². The Hall–Kier alpha value is -4.06. The molecule has 0 spiro atoms. The normalized spacial score (nSPS) is 17.9. The number of nitrogens with one attached hydrogen (secondary N) is 3. The molecule has 1 atom stereocenters. The molecule has 0 saturated carbocycles. The first kappa shape index (κ1) is 26.5. The highest BCUT2D eigenvalue weighted by molar-refractivity contribution is 7.91. The predicted molar refractivity (Wildman–Crippen MR) is 144 cm³/mol. The summed E-state index contributed by atoms with van der Waals surface area (Å²) in [7, 11) is -3.29. The average molecular weight is 554 g/mol. The molecule has 0 radical (unpaired) electrons. The monoisotopic (exact) mass is 553 g/mol. The molecule has 1 aromatic heterocycles. The fourth-order valence-corrected chi connectivity index (χ4v) is 6.88. The number of imidazole rings is 1. The van der Waals surface area contributed by atoms with Gasteiger partial charge in [0, 0.05) is 38.7 Å². The molecule has 39 heavy (non-hydrogen) atoms. The Bertz CT molecular complexity index is 1540. The maximum absolute atomic E-state index is 13.3. The molecular weight excluding hydrogens is 522 g/mol. The number of amides is 2. The van der Waals surface area contributed by atoms with Crippen LogP contribution < -0.4 is 15.9 Å². The van der Waals surface area contributed by atoms with Crippen molar-refractivity contribution in [2.75, 3.05) is 30.3 Å². The molecule has 3 aromatic rings. The summed E-state index contributed by atoms with van der Waals surface area (Å²) in [4.78, 5) is 45.8. The number of likely N-dealkylation sites (tertiary alicyclic amines) is 1. The number of H-pyrrole nitrogens is 2. The van der Waals surface area contributed by atoms with Gasteiger partial charge in [0.1, 0.15) is 5.69 Å². The minimum Gasteiger partial charge on any atom is -0.493 e. The van der Waals surface area contributed by atoms with Gasteiger partial charge in [-0.3, -0.25) is 14.6 Å². The Balaban J connectivity index is 1.31. The SMILES string of the molecule is CC(=O)N1CCC(C(NC(=O)c2ccc(CN3CCS(=O)(=O)c4ccccc43)cc2)c2[nH]c(=O)[nH]c2O)CC1. The summed E-state index contributed by atoms with van der Waals surface area (Å²) in [6.45, 7) is 3.44. The third kappa shape index (κ3) is 5.56. The Morgan fingerprint density at radius 1 is 1.05 bits per heavy atom. The summed E-state index contributed by atoms with van der Waals surface area (Å²) in [5.74, 6) is -0.751. The largest absolute Gasteiger partial charge is 0.493 e. The molecule has 2 aromatic carbocycles. The zero-order valence-electron chi connectivity index (χ0n) is 21.5. The summed E-state index contributed by atoms with van der Waals surface area (Å²) in [5.41, 5.74) is 1.64. The fraction of sp³-hybridized carbons (Fsp3) is 0.370. The number of nitrogens with zero attached hydrogens (tertiary/aromatic N) is 2. The molecule has 11 nitrogen and oxygen atoms in total. The van der Waals surface area contributed by atoms with Crippen LogP contribution in [0.5, 0.6) is 5.88 Å². The van der Waals surface area contributed by atoms with Gasteiger partial charge in [-0.05, 0) is 48.6 Å². The van der Waals surface area contributed by atoms with Crippen molar-refractivity contribution in [1.29, 1.82) is 0 Å². The summed E-state index contributed by atoms with van der Waals surface area (Å²) in [6.07, 6.45) is 1.20. The van der Waals surface area contributed by atoms with E-state index in [4.69, 9.17) is 0 Å². The first-order valence-electron chi connectivity index (χ1n) is 12.9. The van der Waals surface area contributed by atoms with E-state index in [2.05, 4.69) is 15.3 Å². The van der Waals surface area contributed by atoms with Crippen LogP contribution in [-0.2, 0) is 21.2 Å². The summed E-state index contributed by atoms with van der Waals surface area (Å²) >= 11 is 0. The second kappa shape index (κ2) is 10.6. The lowest BCUT2D eigenvalue weighted by Gasteiger charge is -2.35. The number of fused-ring (bicyclic) bond motifs is 1. The molecule has 1 unspecified atom stereocenters. The van der Waals surface area contributed by atoms with E-state index in [0.29, 0.717) is 55.2 Å². The maximum Gasteiger partial charge on any atom is 0.326 e. The van der Waals surface area contributed by atoms with Gasteiger partial charge < -0.3 is 25.2 Å².